The normalized spacial score (nSPS) is 21.8. The number of benzene rings is 2. The molecular formula is C24H31FN2O6S2. The number of nitrogens with zero attached hydrogens (tertiary/aromatic N) is 2. The van der Waals surface area contributed by atoms with E-state index in [9.17, 15) is 26.3 Å². The number of hydrogen-bond donors (Lipinski definition) is 1. The first-order valence-corrected chi connectivity index (χ1v) is 14.1. The Morgan fingerprint density at radius 1 is 1.26 bits per heavy atom. The fraction of sp³-hybridized carbons (Fsp3) is 0.417. The van der Waals surface area contributed by atoms with Gasteiger partial charge in [-0.25, -0.2) is 21.2 Å². The van der Waals surface area contributed by atoms with Gasteiger partial charge < -0.3 is 9.84 Å². The highest BCUT2D eigenvalue weighted by Crippen LogP contribution is 2.34. The van der Waals surface area contributed by atoms with Crippen molar-refractivity contribution >= 4 is 26.1 Å². The van der Waals surface area contributed by atoms with Crippen molar-refractivity contribution in [3.8, 4) is 5.75 Å². The SMILES string of the molecule is CC=Cc1ccc2c(c1)O[C@@H](CN(C)S(=O)(=O)c1ccc(F)cc1)[C@@H](C)CN([C@@H](C)CO)S2(=O)=O. The van der Waals surface area contributed by atoms with Crippen molar-refractivity contribution in [3.05, 3.63) is 59.9 Å². The molecule has 3 atom stereocenters. The molecule has 0 saturated carbocycles. The van der Waals surface area contributed by atoms with Gasteiger partial charge in [0.05, 0.1) is 18.0 Å². The Morgan fingerprint density at radius 2 is 1.91 bits per heavy atom. The zero-order valence-corrected chi connectivity index (χ0v) is 21.8. The molecule has 1 aliphatic rings. The Bertz CT molecular complexity index is 1280. The number of rotatable bonds is 7. The number of aliphatic hydroxyl groups excluding tert-OH is 1. The molecule has 11 heteroatoms. The van der Waals surface area contributed by atoms with Gasteiger partial charge in [-0.2, -0.15) is 8.61 Å². The first-order chi connectivity index (χ1) is 16.4. The monoisotopic (exact) mass is 526 g/mol. The predicted octanol–water partition coefficient (Wildman–Crippen LogP) is 2.95. The van der Waals surface area contributed by atoms with Crippen LogP contribution in [0.25, 0.3) is 6.08 Å². The average Bonchev–Trinajstić information content (AvgIpc) is 2.81. The third-order valence-corrected chi connectivity index (χ3v) is 9.87. The summed E-state index contributed by atoms with van der Waals surface area (Å²) in [6.45, 7) is 4.79. The maximum Gasteiger partial charge on any atom is 0.247 e. The molecule has 0 bridgehead atoms. The highest BCUT2D eigenvalue weighted by Gasteiger charge is 2.39. The number of likely N-dealkylation sites (N-methyl/N-ethyl adjacent to an activating group) is 1. The minimum absolute atomic E-state index is 0.0230. The summed E-state index contributed by atoms with van der Waals surface area (Å²) in [5.74, 6) is -0.862. The van der Waals surface area contributed by atoms with Crippen molar-refractivity contribution in [1.82, 2.24) is 8.61 Å². The summed E-state index contributed by atoms with van der Waals surface area (Å²) < 4.78 is 74.9. The van der Waals surface area contributed by atoms with Gasteiger partial charge in [-0.15, -0.1) is 0 Å². The average molecular weight is 527 g/mol. The minimum Gasteiger partial charge on any atom is -0.487 e. The van der Waals surface area contributed by atoms with Gasteiger partial charge in [0.15, 0.2) is 0 Å². The maximum absolute atomic E-state index is 13.5. The molecule has 0 radical (unpaired) electrons. The molecule has 1 N–H and O–H groups in total. The van der Waals surface area contributed by atoms with E-state index >= 15 is 0 Å². The second kappa shape index (κ2) is 10.8. The van der Waals surface area contributed by atoms with Crippen molar-refractivity contribution in [3.63, 3.8) is 0 Å². The molecule has 35 heavy (non-hydrogen) atoms. The molecule has 2 aromatic rings. The molecule has 8 nitrogen and oxygen atoms in total. The number of halogens is 1. The molecule has 0 amide bonds. The quantitative estimate of drug-likeness (QED) is 0.595. The van der Waals surface area contributed by atoms with Crippen molar-refractivity contribution in [2.24, 2.45) is 5.92 Å². The van der Waals surface area contributed by atoms with Crippen LogP contribution in [0.15, 0.2) is 58.3 Å². The zero-order valence-electron chi connectivity index (χ0n) is 20.1. The van der Waals surface area contributed by atoms with Crippen LogP contribution in [0.1, 0.15) is 26.3 Å². The highest BCUT2D eigenvalue weighted by atomic mass is 32.2. The van der Waals surface area contributed by atoms with Crippen LogP contribution in [0, 0.1) is 11.7 Å². The maximum atomic E-state index is 13.5. The number of ether oxygens (including phenoxy) is 1. The van der Waals surface area contributed by atoms with E-state index in [1.165, 1.54) is 29.6 Å². The van der Waals surface area contributed by atoms with E-state index in [4.69, 9.17) is 4.74 Å². The molecule has 1 heterocycles. The summed E-state index contributed by atoms with van der Waals surface area (Å²) in [5.41, 5.74) is 0.725. The van der Waals surface area contributed by atoms with E-state index in [1.54, 1.807) is 32.1 Å². The van der Waals surface area contributed by atoms with Gasteiger partial charge in [-0.1, -0.05) is 25.1 Å². The summed E-state index contributed by atoms with van der Waals surface area (Å²) in [6, 6.07) is 8.58. The number of allylic oxidation sites excluding steroid dienone is 1. The lowest BCUT2D eigenvalue weighted by atomic mass is 10.0. The van der Waals surface area contributed by atoms with Gasteiger partial charge in [0.25, 0.3) is 0 Å². The van der Waals surface area contributed by atoms with Crippen molar-refractivity contribution in [1.29, 1.82) is 0 Å². The lowest BCUT2D eigenvalue weighted by Crippen LogP contribution is -2.50. The number of fused-ring (bicyclic) bond motifs is 1. The van der Waals surface area contributed by atoms with Gasteiger partial charge in [0, 0.05) is 25.6 Å². The molecule has 192 valence electrons. The van der Waals surface area contributed by atoms with Crippen LogP contribution in [-0.2, 0) is 20.0 Å². The van der Waals surface area contributed by atoms with E-state index in [0.29, 0.717) is 0 Å². The molecule has 0 fully saturated rings. The van der Waals surface area contributed by atoms with E-state index in [0.717, 1.165) is 22.0 Å². The molecular weight excluding hydrogens is 495 g/mol. The summed E-state index contributed by atoms with van der Waals surface area (Å²) in [4.78, 5) is -0.110. The van der Waals surface area contributed by atoms with E-state index < -0.39 is 43.9 Å². The molecule has 2 aromatic carbocycles. The second-order valence-corrected chi connectivity index (χ2v) is 12.6. The summed E-state index contributed by atoms with van der Waals surface area (Å²) in [5, 5.41) is 9.73. The van der Waals surface area contributed by atoms with E-state index in [1.807, 2.05) is 13.0 Å². The first-order valence-electron chi connectivity index (χ1n) is 11.2. The van der Waals surface area contributed by atoms with Crippen LogP contribution >= 0.6 is 0 Å². The number of sulfonamides is 2. The minimum atomic E-state index is -3.99. The zero-order chi connectivity index (χ0) is 26.0. The van der Waals surface area contributed by atoms with Gasteiger partial charge in [0.2, 0.25) is 20.0 Å². The van der Waals surface area contributed by atoms with Crippen molar-refractivity contribution in [2.45, 2.75) is 42.7 Å². The fourth-order valence-corrected chi connectivity index (χ4v) is 6.90. The topological polar surface area (TPSA) is 104 Å². The third kappa shape index (κ3) is 5.75. The fourth-order valence-electron chi connectivity index (χ4n) is 3.89. The summed E-state index contributed by atoms with van der Waals surface area (Å²) >= 11 is 0. The molecule has 0 aromatic heterocycles. The Morgan fingerprint density at radius 3 is 2.51 bits per heavy atom. The smallest absolute Gasteiger partial charge is 0.247 e. The van der Waals surface area contributed by atoms with Crippen molar-refractivity contribution < 1.29 is 31.1 Å². The van der Waals surface area contributed by atoms with Crippen LogP contribution in [0.3, 0.4) is 0 Å². The molecule has 0 spiro atoms. The van der Waals surface area contributed by atoms with Crippen LogP contribution in [-0.4, -0.2) is 69.4 Å². The summed E-state index contributed by atoms with van der Waals surface area (Å²) in [7, 11) is -6.54. The van der Waals surface area contributed by atoms with Crippen molar-refractivity contribution in [2.75, 3.05) is 26.7 Å². The highest BCUT2D eigenvalue weighted by molar-refractivity contribution is 7.89. The lowest BCUT2D eigenvalue weighted by molar-refractivity contribution is 0.0904. The number of hydrogen-bond acceptors (Lipinski definition) is 6. The Balaban J connectivity index is 2.04. The van der Waals surface area contributed by atoms with Crippen LogP contribution in [0.2, 0.25) is 0 Å². The van der Waals surface area contributed by atoms with Gasteiger partial charge in [0.1, 0.15) is 22.6 Å². The first kappa shape index (κ1) is 27.3. The molecule has 0 aliphatic carbocycles. The second-order valence-electron chi connectivity index (χ2n) is 8.69. The summed E-state index contributed by atoms with van der Waals surface area (Å²) in [6.07, 6.45) is 2.90. The van der Waals surface area contributed by atoms with Crippen LogP contribution in [0.4, 0.5) is 4.39 Å². The van der Waals surface area contributed by atoms with Gasteiger partial charge in [-0.3, -0.25) is 0 Å². The van der Waals surface area contributed by atoms with Gasteiger partial charge in [-0.05, 0) is 55.8 Å². The third-order valence-electron chi connectivity index (χ3n) is 6.01. The molecule has 0 saturated heterocycles. The molecule has 3 rings (SSSR count). The largest absolute Gasteiger partial charge is 0.487 e. The Kier molecular flexibility index (Phi) is 8.38. The predicted molar refractivity (Wildman–Crippen MR) is 131 cm³/mol. The van der Waals surface area contributed by atoms with Crippen LogP contribution < -0.4 is 4.74 Å². The van der Waals surface area contributed by atoms with E-state index in [-0.39, 0.29) is 35.2 Å². The molecule has 0 unspecified atom stereocenters. The Hall–Kier alpha value is -2.31. The number of aliphatic hydroxyl groups is 1. The van der Waals surface area contributed by atoms with Crippen LogP contribution in [0.5, 0.6) is 5.75 Å². The Labute approximate surface area is 206 Å². The lowest BCUT2D eigenvalue weighted by Gasteiger charge is -2.37. The standard InChI is InChI=1S/C24H31FN2O6S2/c1-5-6-19-7-12-24-22(13-19)33-23(17(2)14-27(18(3)16-28)35(24,31)32)15-26(4)34(29,30)21-10-8-20(25)9-11-21/h5-13,17-18,23,28H,14-16H2,1-4H3/t17-,18-,23-/m0/s1. The van der Waals surface area contributed by atoms with E-state index in [2.05, 4.69) is 0 Å². The molecule has 1 aliphatic heterocycles. The van der Waals surface area contributed by atoms with Gasteiger partial charge >= 0.3 is 0 Å².